The summed E-state index contributed by atoms with van der Waals surface area (Å²) in [5, 5.41) is 10.8. The van der Waals surface area contributed by atoms with Gasteiger partial charge in [0.2, 0.25) is 0 Å². The first kappa shape index (κ1) is 10.6. The van der Waals surface area contributed by atoms with Crippen LogP contribution in [0.15, 0.2) is 12.3 Å². The van der Waals surface area contributed by atoms with Gasteiger partial charge in [0, 0.05) is 11.8 Å². The van der Waals surface area contributed by atoms with Crippen LogP contribution in [0, 0.1) is 17.0 Å². The summed E-state index contributed by atoms with van der Waals surface area (Å²) in [5.41, 5.74) is 6.75. The molecule has 0 amide bonds. The zero-order chi connectivity index (χ0) is 10.7. The van der Waals surface area contributed by atoms with Gasteiger partial charge in [-0.25, -0.2) is 0 Å². The molecule has 1 heterocycles. The van der Waals surface area contributed by atoms with Crippen LogP contribution < -0.4 is 5.73 Å². The van der Waals surface area contributed by atoms with Crippen LogP contribution in [-0.2, 0) is 0 Å². The minimum Gasteiger partial charge on any atom is -0.322 e. The number of hydrogen-bond donors (Lipinski definition) is 1. The highest BCUT2D eigenvalue weighted by Gasteiger charge is 2.21. The number of pyridine rings is 1. The Hall–Kier alpha value is -1.49. The van der Waals surface area contributed by atoms with Crippen molar-refractivity contribution in [2.75, 3.05) is 0 Å². The lowest BCUT2D eigenvalue weighted by molar-refractivity contribution is -0.386. The second-order valence-corrected chi connectivity index (χ2v) is 3.13. The van der Waals surface area contributed by atoms with Crippen LogP contribution in [0.1, 0.15) is 30.6 Å². The molecule has 0 aliphatic rings. The summed E-state index contributed by atoms with van der Waals surface area (Å²) in [6, 6.07) is 1.25. The monoisotopic (exact) mass is 195 g/mol. The molecule has 1 rings (SSSR count). The summed E-state index contributed by atoms with van der Waals surface area (Å²) in [4.78, 5) is 14.3. The van der Waals surface area contributed by atoms with Crippen molar-refractivity contribution < 1.29 is 4.92 Å². The fourth-order valence-electron chi connectivity index (χ4n) is 1.27. The number of rotatable bonds is 3. The predicted molar refractivity (Wildman–Crippen MR) is 52.8 cm³/mol. The maximum atomic E-state index is 10.8. The average molecular weight is 195 g/mol. The lowest BCUT2D eigenvalue weighted by Gasteiger charge is -2.09. The Labute approximate surface area is 82.1 Å². The molecule has 0 saturated heterocycles. The molecule has 76 valence electrons. The van der Waals surface area contributed by atoms with Gasteiger partial charge in [0.15, 0.2) is 0 Å². The van der Waals surface area contributed by atoms with E-state index in [1.165, 1.54) is 0 Å². The lowest BCUT2D eigenvalue weighted by Crippen LogP contribution is -2.13. The fourth-order valence-corrected chi connectivity index (χ4v) is 1.27. The molecule has 0 aliphatic heterocycles. The predicted octanol–water partition coefficient (Wildman–Crippen LogP) is 1.71. The van der Waals surface area contributed by atoms with Crippen molar-refractivity contribution in [1.82, 2.24) is 4.98 Å². The van der Waals surface area contributed by atoms with Crippen molar-refractivity contribution in [3.63, 3.8) is 0 Å². The zero-order valence-electron chi connectivity index (χ0n) is 8.23. The maximum Gasteiger partial charge on any atom is 0.295 e. The fraction of sp³-hybridized carbons (Fsp3) is 0.444. The van der Waals surface area contributed by atoms with Crippen molar-refractivity contribution in [2.24, 2.45) is 5.73 Å². The van der Waals surface area contributed by atoms with Crippen LogP contribution >= 0.6 is 0 Å². The Balaban J connectivity index is 3.28. The average Bonchev–Trinajstić information content (AvgIpc) is 2.15. The van der Waals surface area contributed by atoms with E-state index in [4.69, 9.17) is 5.73 Å². The molecule has 0 saturated carbocycles. The van der Waals surface area contributed by atoms with E-state index in [1.54, 1.807) is 19.2 Å². The normalized spacial score (nSPS) is 12.5. The Kier molecular flexibility index (Phi) is 3.14. The third-order valence-electron chi connectivity index (χ3n) is 2.13. The van der Waals surface area contributed by atoms with Crippen molar-refractivity contribution in [3.05, 3.63) is 33.6 Å². The number of nitro groups is 1. The van der Waals surface area contributed by atoms with E-state index in [-0.39, 0.29) is 11.7 Å². The zero-order valence-corrected chi connectivity index (χ0v) is 8.23. The first-order valence-corrected chi connectivity index (χ1v) is 4.43. The number of hydrogen-bond acceptors (Lipinski definition) is 4. The van der Waals surface area contributed by atoms with E-state index in [0.717, 1.165) is 0 Å². The summed E-state index contributed by atoms with van der Waals surface area (Å²) >= 11 is 0. The molecule has 5 nitrogen and oxygen atoms in total. The molecular weight excluding hydrogens is 182 g/mol. The van der Waals surface area contributed by atoms with E-state index in [0.29, 0.717) is 17.7 Å². The summed E-state index contributed by atoms with van der Waals surface area (Å²) in [6.07, 6.45) is 2.18. The molecule has 14 heavy (non-hydrogen) atoms. The van der Waals surface area contributed by atoms with Crippen molar-refractivity contribution >= 4 is 5.69 Å². The molecule has 2 N–H and O–H groups in total. The lowest BCUT2D eigenvalue weighted by atomic mass is 10.1. The molecule has 1 aromatic heterocycles. The quantitative estimate of drug-likeness (QED) is 0.588. The van der Waals surface area contributed by atoms with Crippen molar-refractivity contribution in [2.45, 2.75) is 26.3 Å². The third-order valence-corrected chi connectivity index (χ3v) is 2.13. The van der Waals surface area contributed by atoms with Crippen LogP contribution in [0.2, 0.25) is 0 Å². The van der Waals surface area contributed by atoms with Gasteiger partial charge in [0.05, 0.1) is 11.0 Å². The molecule has 0 fully saturated rings. The van der Waals surface area contributed by atoms with E-state index in [9.17, 15) is 10.1 Å². The number of nitrogens with two attached hydrogens (primary N) is 1. The van der Waals surface area contributed by atoms with Gasteiger partial charge in [-0.3, -0.25) is 15.1 Å². The van der Waals surface area contributed by atoms with Crippen LogP contribution in [0.3, 0.4) is 0 Å². The molecule has 1 aromatic rings. The molecular formula is C9H13N3O2. The highest BCUT2D eigenvalue weighted by atomic mass is 16.6. The standard InChI is InChI=1S/C9H13N3O2/c1-3-7(10)8-9(12(13)14)6(2)4-5-11-8/h4-5,7H,3,10H2,1-2H3/t7-/m0/s1. The molecule has 0 radical (unpaired) electrons. The third kappa shape index (κ3) is 1.88. The highest BCUT2D eigenvalue weighted by molar-refractivity contribution is 5.44. The second kappa shape index (κ2) is 4.15. The largest absolute Gasteiger partial charge is 0.322 e. The molecule has 0 aliphatic carbocycles. The molecule has 0 spiro atoms. The molecule has 0 bridgehead atoms. The topological polar surface area (TPSA) is 82.0 Å². The maximum absolute atomic E-state index is 10.8. The van der Waals surface area contributed by atoms with Crippen LogP contribution in [0.4, 0.5) is 5.69 Å². The van der Waals surface area contributed by atoms with Crippen LogP contribution in [-0.4, -0.2) is 9.91 Å². The first-order valence-electron chi connectivity index (χ1n) is 4.43. The summed E-state index contributed by atoms with van der Waals surface area (Å²) in [6.45, 7) is 3.56. The Morgan fingerprint density at radius 1 is 1.71 bits per heavy atom. The van der Waals surface area contributed by atoms with Crippen LogP contribution in [0.25, 0.3) is 0 Å². The van der Waals surface area contributed by atoms with E-state index in [2.05, 4.69) is 4.98 Å². The van der Waals surface area contributed by atoms with E-state index in [1.807, 2.05) is 6.92 Å². The van der Waals surface area contributed by atoms with Gasteiger partial charge in [0.1, 0.15) is 5.69 Å². The van der Waals surface area contributed by atoms with Crippen molar-refractivity contribution in [1.29, 1.82) is 0 Å². The van der Waals surface area contributed by atoms with Gasteiger partial charge >= 0.3 is 0 Å². The molecule has 0 unspecified atom stereocenters. The number of aromatic nitrogens is 1. The minimum absolute atomic E-state index is 0.0434. The molecule has 0 aromatic carbocycles. The van der Waals surface area contributed by atoms with Gasteiger partial charge in [-0.15, -0.1) is 0 Å². The van der Waals surface area contributed by atoms with Gasteiger partial charge in [-0.05, 0) is 19.4 Å². The molecule has 1 atom stereocenters. The Bertz CT molecular complexity index is 352. The van der Waals surface area contributed by atoms with Crippen LogP contribution in [0.5, 0.6) is 0 Å². The Morgan fingerprint density at radius 3 is 2.86 bits per heavy atom. The van der Waals surface area contributed by atoms with Gasteiger partial charge < -0.3 is 5.73 Å². The summed E-state index contributed by atoms with van der Waals surface area (Å²) in [7, 11) is 0. The summed E-state index contributed by atoms with van der Waals surface area (Å²) < 4.78 is 0. The summed E-state index contributed by atoms with van der Waals surface area (Å²) in [5.74, 6) is 0. The minimum atomic E-state index is -0.423. The Morgan fingerprint density at radius 2 is 2.36 bits per heavy atom. The number of nitrogens with zero attached hydrogens (tertiary/aromatic N) is 2. The molecule has 5 heteroatoms. The SMILES string of the molecule is CC[C@H](N)c1nccc(C)c1[N+](=O)[O-]. The van der Waals surface area contributed by atoms with E-state index >= 15 is 0 Å². The second-order valence-electron chi connectivity index (χ2n) is 3.13. The first-order chi connectivity index (χ1) is 6.57. The highest BCUT2D eigenvalue weighted by Crippen LogP contribution is 2.26. The van der Waals surface area contributed by atoms with Gasteiger partial charge in [0.25, 0.3) is 5.69 Å². The van der Waals surface area contributed by atoms with Gasteiger partial charge in [-0.2, -0.15) is 0 Å². The van der Waals surface area contributed by atoms with Gasteiger partial charge in [-0.1, -0.05) is 6.92 Å². The van der Waals surface area contributed by atoms with Crippen molar-refractivity contribution in [3.8, 4) is 0 Å². The van der Waals surface area contributed by atoms with E-state index < -0.39 is 4.92 Å². The smallest absolute Gasteiger partial charge is 0.295 e. The number of aryl methyl sites for hydroxylation is 1.